The molecule has 0 radical (unpaired) electrons. The lowest BCUT2D eigenvalue weighted by Crippen LogP contribution is -2.37. The van der Waals surface area contributed by atoms with Crippen LogP contribution in [0.5, 0.6) is 0 Å². The van der Waals surface area contributed by atoms with E-state index in [0.717, 1.165) is 0 Å². The van der Waals surface area contributed by atoms with Gasteiger partial charge in [-0.2, -0.15) is 0 Å². The van der Waals surface area contributed by atoms with Crippen molar-refractivity contribution in [2.45, 2.75) is 13.0 Å². The van der Waals surface area contributed by atoms with Gasteiger partial charge in [-0.05, 0) is 35.0 Å². The number of amides is 1. The summed E-state index contributed by atoms with van der Waals surface area (Å²) in [5.74, 6) is 0.178. The number of hydrogen-bond acceptors (Lipinski definition) is 3. The maximum atomic E-state index is 11.8. The molecule has 0 N–H and O–H groups in total. The van der Waals surface area contributed by atoms with E-state index in [2.05, 4.69) is 15.9 Å². The van der Waals surface area contributed by atoms with Crippen molar-refractivity contribution in [3.05, 3.63) is 22.6 Å². The zero-order chi connectivity index (χ0) is 11.4. The molecular formula is C10H14BrNO3. The summed E-state index contributed by atoms with van der Waals surface area (Å²) in [6.07, 6.45) is 0. The number of hydrogen-bond donors (Lipinski definition) is 0. The molecule has 0 saturated heterocycles. The molecule has 0 spiro atoms. The first-order valence-corrected chi connectivity index (χ1v) is 5.37. The van der Waals surface area contributed by atoms with Crippen LogP contribution in [0.15, 0.2) is 21.2 Å². The van der Waals surface area contributed by atoms with Gasteiger partial charge in [-0.3, -0.25) is 4.79 Å². The molecule has 15 heavy (non-hydrogen) atoms. The third-order valence-corrected chi connectivity index (χ3v) is 2.60. The first-order chi connectivity index (χ1) is 7.06. The summed E-state index contributed by atoms with van der Waals surface area (Å²) in [6.45, 7) is 2.42. The van der Waals surface area contributed by atoms with E-state index >= 15 is 0 Å². The second-order valence-electron chi connectivity index (χ2n) is 3.32. The molecule has 0 aliphatic carbocycles. The zero-order valence-corrected chi connectivity index (χ0v) is 10.6. The molecule has 0 fully saturated rings. The summed E-state index contributed by atoms with van der Waals surface area (Å²) in [5.41, 5.74) is 0. The van der Waals surface area contributed by atoms with Crippen molar-refractivity contribution >= 4 is 21.8 Å². The average molecular weight is 276 g/mol. The molecule has 1 rings (SSSR count). The number of likely N-dealkylation sites (N-methyl/N-ethyl adjacent to an activating group) is 1. The van der Waals surface area contributed by atoms with Crippen LogP contribution in [0.3, 0.4) is 0 Å². The number of ether oxygens (including phenoxy) is 1. The van der Waals surface area contributed by atoms with Crippen LogP contribution in [0, 0.1) is 0 Å². The van der Waals surface area contributed by atoms with Crippen LogP contribution in [-0.2, 0) is 4.74 Å². The van der Waals surface area contributed by atoms with Crippen LogP contribution in [-0.4, -0.2) is 37.6 Å². The number of carbonyl (C=O) groups is 1. The third-order valence-electron chi connectivity index (χ3n) is 2.17. The highest BCUT2D eigenvalue weighted by molar-refractivity contribution is 9.10. The van der Waals surface area contributed by atoms with E-state index in [9.17, 15) is 4.79 Å². The van der Waals surface area contributed by atoms with Gasteiger partial charge in [-0.15, -0.1) is 0 Å². The van der Waals surface area contributed by atoms with Gasteiger partial charge in [0, 0.05) is 14.2 Å². The summed E-state index contributed by atoms with van der Waals surface area (Å²) >= 11 is 3.16. The van der Waals surface area contributed by atoms with E-state index in [1.165, 1.54) is 0 Å². The average Bonchev–Trinajstić information content (AvgIpc) is 2.63. The number of furan rings is 1. The summed E-state index contributed by atoms with van der Waals surface area (Å²) in [6, 6.07) is 3.36. The largest absolute Gasteiger partial charge is 0.444 e. The van der Waals surface area contributed by atoms with Gasteiger partial charge in [0.1, 0.15) is 0 Å². The van der Waals surface area contributed by atoms with Gasteiger partial charge in [0.05, 0.1) is 12.6 Å². The summed E-state index contributed by atoms with van der Waals surface area (Å²) in [5, 5.41) is 0. The van der Waals surface area contributed by atoms with Crippen LogP contribution < -0.4 is 0 Å². The quantitative estimate of drug-likeness (QED) is 0.846. The van der Waals surface area contributed by atoms with Crippen molar-refractivity contribution in [2.24, 2.45) is 0 Å². The van der Waals surface area contributed by atoms with E-state index < -0.39 is 0 Å². The minimum Gasteiger partial charge on any atom is -0.444 e. The van der Waals surface area contributed by atoms with Gasteiger partial charge in [-0.1, -0.05) is 0 Å². The molecular weight excluding hydrogens is 262 g/mol. The number of nitrogens with zero attached hydrogens (tertiary/aromatic N) is 1. The van der Waals surface area contributed by atoms with Gasteiger partial charge in [0.15, 0.2) is 10.4 Å². The highest BCUT2D eigenvalue weighted by Crippen LogP contribution is 2.16. The summed E-state index contributed by atoms with van der Waals surface area (Å²) < 4.78 is 10.7. The molecule has 4 nitrogen and oxygen atoms in total. The number of carbonyl (C=O) groups excluding carboxylic acids is 1. The predicted molar refractivity (Wildman–Crippen MR) is 59.8 cm³/mol. The van der Waals surface area contributed by atoms with Crippen LogP contribution in [0.1, 0.15) is 17.5 Å². The van der Waals surface area contributed by atoms with Gasteiger partial charge in [-0.25, -0.2) is 0 Å². The molecule has 5 heteroatoms. The van der Waals surface area contributed by atoms with Crippen molar-refractivity contribution in [1.29, 1.82) is 0 Å². The van der Waals surface area contributed by atoms with Crippen LogP contribution in [0.25, 0.3) is 0 Å². The zero-order valence-electron chi connectivity index (χ0n) is 8.99. The fourth-order valence-electron chi connectivity index (χ4n) is 1.16. The Bertz CT molecular complexity index is 337. The van der Waals surface area contributed by atoms with Gasteiger partial charge in [0.2, 0.25) is 0 Å². The fraction of sp³-hybridized carbons (Fsp3) is 0.500. The van der Waals surface area contributed by atoms with E-state index in [-0.39, 0.29) is 11.9 Å². The lowest BCUT2D eigenvalue weighted by atomic mass is 10.3. The normalized spacial score (nSPS) is 12.5. The Hall–Kier alpha value is -0.810. The van der Waals surface area contributed by atoms with Crippen molar-refractivity contribution in [1.82, 2.24) is 4.90 Å². The lowest BCUT2D eigenvalue weighted by molar-refractivity contribution is 0.0602. The second kappa shape index (κ2) is 5.32. The molecule has 84 valence electrons. The number of halogens is 1. The minimum atomic E-state index is -0.148. The Morgan fingerprint density at radius 3 is 2.80 bits per heavy atom. The lowest BCUT2D eigenvalue weighted by Gasteiger charge is -2.23. The maximum Gasteiger partial charge on any atom is 0.289 e. The monoisotopic (exact) mass is 275 g/mol. The van der Waals surface area contributed by atoms with E-state index in [0.29, 0.717) is 17.0 Å². The fourth-order valence-corrected chi connectivity index (χ4v) is 1.46. The summed E-state index contributed by atoms with van der Waals surface area (Å²) in [4.78, 5) is 13.4. The predicted octanol–water partition coefficient (Wildman–Crippen LogP) is 2.15. The first-order valence-electron chi connectivity index (χ1n) is 4.57. The SMILES string of the molecule is COCC(C)N(C)C(=O)c1ccc(Br)o1. The molecule has 1 amide bonds. The maximum absolute atomic E-state index is 11.8. The Balaban J connectivity index is 2.68. The Labute approximate surface area is 97.3 Å². The Morgan fingerprint density at radius 1 is 1.67 bits per heavy atom. The molecule has 1 heterocycles. The second-order valence-corrected chi connectivity index (χ2v) is 4.11. The van der Waals surface area contributed by atoms with Gasteiger partial charge < -0.3 is 14.1 Å². The number of methoxy groups -OCH3 is 1. The first kappa shape index (κ1) is 12.3. The third kappa shape index (κ3) is 3.07. The topological polar surface area (TPSA) is 42.7 Å². The number of rotatable bonds is 4. The van der Waals surface area contributed by atoms with E-state index in [4.69, 9.17) is 9.15 Å². The smallest absolute Gasteiger partial charge is 0.289 e. The Kier molecular flexibility index (Phi) is 4.35. The molecule has 0 bridgehead atoms. The molecule has 1 atom stereocenters. The van der Waals surface area contributed by atoms with Crippen LogP contribution in [0.4, 0.5) is 0 Å². The minimum absolute atomic E-state index is 0.0198. The highest BCUT2D eigenvalue weighted by Gasteiger charge is 2.19. The van der Waals surface area contributed by atoms with E-state index in [1.807, 2.05) is 6.92 Å². The molecule has 1 aromatic rings. The highest BCUT2D eigenvalue weighted by atomic mass is 79.9. The Morgan fingerprint density at radius 2 is 2.33 bits per heavy atom. The molecule has 0 aliphatic rings. The summed E-state index contributed by atoms with van der Waals surface area (Å²) in [7, 11) is 3.33. The van der Waals surface area contributed by atoms with E-state index in [1.54, 1.807) is 31.2 Å². The van der Waals surface area contributed by atoms with Crippen molar-refractivity contribution in [2.75, 3.05) is 20.8 Å². The van der Waals surface area contributed by atoms with Crippen LogP contribution in [0.2, 0.25) is 0 Å². The molecule has 0 aliphatic heterocycles. The van der Waals surface area contributed by atoms with Crippen LogP contribution >= 0.6 is 15.9 Å². The standard InChI is InChI=1S/C10H14BrNO3/c1-7(6-14-3)12(2)10(13)8-4-5-9(11)15-8/h4-5,7H,6H2,1-3H3. The molecule has 1 aromatic heterocycles. The van der Waals surface area contributed by atoms with Crippen molar-refractivity contribution < 1.29 is 13.9 Å². The van der Waals surface area contributed by atoms with Crippen molar-refractivity contribution in [3.8, 4) is 0 Å². The van der Waals surface area contributed by atoms with Gasteiger partial charge >= 0.3 is 0 Å². The van der Waals surface area contributed by atoms with Gasteiger partial charge in [0.25, 0.3) is 5.91 Å². The molecule has 0 aromatic carbocycles. The molecule has 0 saturated carbocycles. The molecule has 1 unspecified atom stereocenters. The van der Waals surface area contributed by atoms with Crippen molar-refractivity contribution in [3.63, 3.8) is 0 Å².